The summed E-state index contributed by atoms with van der Waals surface area (Å²) in [5.41, 5.74) is 4.72. The molecule has 32 heavy (non-hydrogen) atoms. The van der Waals surface area contributed by atoms with Crippen molar-refractivity contribution in [2.24, 2.45) is 5.92 Å². The number of hydrogen-bond donors (Lipinski definition) is 1. The molecule has 170 valence electrons. The average Bonchev–Trinajstić information content (AvgIpc) is 2.78. The van der Waals surface area contributed by atoms with Crippen molar-refractivity contribution in [3.05, 3.63) is 64.1 Å². The summed E-state index contributed by atoms with van der Waals surface area (Å²) < 4.78 is 0.942. The van der Waals surface area contributed by atoms with E-state index in [1.165, 1.54) is 18.4 Å². The molecular formula is C28H35BrN2O. The Morgan fingerprint density at radius 2 is 1.78 bits per heavy atom. The highest BCUT2D eigenvalue weighted by Crippen LogP contribution is 2.29. The molecule has 3 nitrogen and oxygen atoms in total. The van der Waals surface area contributed by atoms with Gasteiger partial charge in [0.1, 0.15) is 0 Å². The fourth-order valence-corrected chi connectivity index (χ4v) is 4.31. The lowest BCUT2D eigenvalue weighted by molar-refractivity contribution is 0.0947. The standard InChI is InChI=1S/C28H35BrN2O/c1-6-8-9-19(7-2)18-30-27(32)24-17-26(31-25-15-14-22(29)16-23(24)25)20-10-12-21(13-11-20)28(3,4)5/h10-17,19H,6-9,18H2,1-5H3,(H,30,32). The van der Waals surface area contributed by atoms with Gasteiger partial charge in [0.15, 0.2) is 0 Å². The molecule has 0 spiro atoms. The summed E-state index contributed by atoms with van der Waals surface area (Å²) in [4.78, 5) is 18.2. The van der Waals surface area contributed by atoms with Gasteiger partial charge in [-0.05, 0) is 47.6 Å². The predicted octanol–water partition coefficient (Wildman–Crippen LogP) is 7.91. The zero-order valence-corrected chi connectivity index (χ0v) is 21.6. The monoisotopic (exact) mass is 494 g/mol. The summed E-state index contributed by atoms with van der Waals surface area (Å²) in [6.45, 7) is 11.7. The zero-order chi connectivity index (χ0) is 23.3. The highest BCUT2D eigenvalue weighted by Gasteiger charge is 2.17. The van der Waals surface area contributed by atoms with Crippen LogP contribution in [0.25, 0.3) is 22.2 Å². The maximum absolute atomic E-state index is 13.3. The second-order valence-electron chi connectivity index (χ2n) is 9.67. The minimum Gasteiger partial charge on any atom is -0.352 e. The molecule has 3 aromatic rings. The largest absolute Gasteiger partial charge is 0.352 e. The number of carbonyl (C=O) groups is 1. The lowest BCUT2D eigenvalue weighted by atomic mass is 9.86. The van der Waals surface area contributed by atoms with E-state index >= 15 is 0 Å². The Labute approximate surface area is 201 Å². The summed E-state index contributed by atoms with van der Waals surface area (Å²) in [6, 6.07) is 16.4. The van der Waals surface area contributed by atoms with E-state index in [0.717, 1.165) is 39.5 Å². The summed E-state index contributed by atoms with van der Waals surface area (Å²) in [6.07, 6.45) is 4.62. The summed E-state index contributed by atoms with van der Waals surface area (Å²) in [5, 5.41) is 4.07. The lowest BCUT2D eigenvalue weighted by Crippen LogP contribution is -2.29. The topological polar surface area (TPSA) is 42.0 Å². The van der Waals surface area contributed by atoms with Crippen LogP contribution in [0.4, 0.5) is 0 Å². The number of amides is 1. The first-order valence-electron chi connectivity index (χ1n) is 11.7. The van der Waals surface area contributed by atoms with Crippen molar-refractivity contribution in [2.75, 3.05) is 6.54 Å². The average molecular weight is 496 g/mol. The molecule has 3 rings (SSSR count). The van der Waals surface area contributed by atoms with Crippen LogP contribution in [0.15, 0.2) is 53.0 Å². The summed E-state index contributed by atoms with van der Waals surface area (Å²) in [5.74, 6) is 0.487. The van der Waals surface area contributed by atoms with Gasteiger partial charge in [-0.3, -0.25) is 4.79 Å². The first-order valence-corrected chi connectivity index (χ1v) is 12.5. The van der Waals surface area contributed by atoms with Crippen LogP contribution in [0.2, 0.25) is 0 Å². The van der Waals surface area contributed by atoms with Gasteiger partial charge < -0.3 is 5.32 Å². The van der Waals surface area contributed by atoms with Gasteiger partial charge in [-0.25, -0.2) is 4.98 Å². The Hall–Kier alpha value is -2.20. The first-order chi connectivity index (χ1) is 15.2. The number of unbranched alkanes of at least 4 members (excludes halogenated alkanes) is 1. The van der Waals surface area contributed by atoms with Crippen LogP contribution in [-0.4, -0.2) is 17.4 Å². The molecule has 2 aromatic carbocycles. The van der Waals surface area contributed by atoms with Crippen molar-refractivity contribution in [3.63, 3.8) is 0 Å². The number of hydrogen-bond acceptors (Lipinski definition) is 2. The van der Waals surface area contributed by atoms with Crippen molar-refractivity contribution >= 4 is 32.7 Å². The van der Waals surface area contributed by atoms with Crippen LogP contribution >= 0.6 is 15.9 Å². The van der Waals surface area contributed by atoms with E-state index in [4.69, 9.17) is 4.98 Å². The molecule has 0 saturated carbocycles. The third kappa shape index (κ3) is 5.98. The number of benzene rings is 2. The number of aromatic nitrogens is 1. The van der Waals surface area contributed by atoms with Crippen molar-refractivity contribution in [2.45, 2.75) is 65.7 Å². The molecule has 1 heterocycles. The molecule has 0 aliphatic rings. The van der Waals surface area contributed by atoms with Crippen LogP contribution < -0.4 is 5.32 Å². The van der Waals surface area contributed by atoms with Gasteiger partial charge in [0, 0.05) is 22.0 Å². The number of halogens is 1. The van der Waals surface area contributed by atoms with Crippen LogP contribution in [-0.2, 0) is 5.41 Å². The Balaban J connectivity index is 1.96. The van der Waals surface area contributed by atoms with E-state index in [-0.39, 0.29) is 11.3 Å². The minimum atomic E-state index is -0.0296. The van der Waals surface area contributed by atoms with Gasteiger partial charge in [0.05, 0.1) is 16.8 Å². The van der Waals surface area contributed by atoms with Gasteiger partial charge in [-0.1, -0.05) is 94.1 Å². The van der Waals surface area contributed by atoms with Crippen molar-refractivity contribution in [3.8, 4) is 11.3 Å². The molecule has 1 amide bonds. The Morgan fingerprint density at radius 1 is 1.06 bits per heavy atom. The van der Waals surface area contributed by atoms with E-state index in [2.05, 4.69) is 80.1 Å². The van der Waals surface area contributed by atoms with E-state index < -0.39 is 0 Å². The Bertz CT molecular complexity index is 1070. The smallest absolute Gasteiger partial charge is 0.252 e. The van der Waals surface area contributed by atoms with Gasteiger partial charge in [-0.15, -0.1) is 0 Å². The maximum Gasteiger partial charge on any atom is 0.252 e. The summed E-state index contributed by atoms with van der Waals surface area (Å²) >= 11 is 3.55. The molecule has 0 radical (unpaired) electrons. The molecule has 0 aliphatic carbocycles. The quantitative estimate of drug-likeness (QED) is 0.345. The number of nitrogens with zero attached hydrogens (tertiary/aromatic N) is 1. The normalized spacial score (nSPS) is 12.7. The second kappa shape index (κ2) is 10.6. The highest BCUT2D eigenvalue weighted by atomic mass is 79.9. The van der Waals surface area contributed by atoms with E-state index in [1.54, 1.807) is 0 Å². The molecule has 1 N–H and O–H groups in total. The molecular weight excluding hydrogens is 460 g/mol. The third-order valence-corrected chi connectivity index (χ3v) is 6.65. The fourth-order valence-electron chi connectivity index (χ4n) is 3.95. The van der Waals surface area contributed by atoms with E-state index in [0.29, 0.717) is 18.0 Å². The number of fused-ring (bicyclic) bond motifs is 1. The molecule has 4 heteroatoms. The van der Waals surface area contributed by atoms with Crippen molar-refractivity contribution < 1.29 is 4.79 Å². The minimum absolute atomic E-state index is 0.0296. The number of rotatable bonds is 8. The SMILES string of the molecule is CCCCC(CC)CNC(=O)c1cc(-c2ccc(C(C)(C)C)cc2)nc2ccc(Br)cc12. The molecule has 1 atom stereocenters. The van der Waals surface area contributed by atoms with Gasteiger partial charge >= 0.3 is 0 Å². The molecule has 0 bridgehead atoms. The van der Waals surface area contributed by atoms with Crippen LogP contribution in [0.1, 0.15) is 76.2 Å². The summed E-state index contributed by atoms with van der Waals surface area (Å²) in [7, 11) is 0. The Kier molecular flexibility index (Phi) is 8.10. The highest BCUT2D eigenvalue weighted by molar-refractivity contribution is 9.10. The van der Waals surface area contributed by atoms with Crippen LogP contribution in [0.3, 0.4) is 0 Å². The van der Waals surface area contributed by atoms with Crippen LogP contribution in [0.5, 0.6) is 0 Å². The predicted molar refractivity (Wildman–Crippen MR) is 139 cm³/mol. The van der Waals surface area contributed by atoms with Crippen molar-refractivity contribution in [1.29, 1.82) is 0 Å². The number of carbonyl (C=O) groups excluding carboxylic acids is 1. The van der Waals surface area contributed by atoms with E-state index in [1.807, 2.05) is 24.3 Å². The number of pyridine rings is 1. The van der Waals surface area contributed by atoms with Crippen molar-refractivity contribution in [1.82, 2.24) is 10.3 Å². The molecule has 1 unspecified atom stereocenters. The zero-order valence-electron chi connectivity index (χ0n) is 20.0. The second-order valence-corrected chi connectivity index (χ2v) is 10.6. The molecule has 0 aliphatic heterocycles. The maximum atomic E-state index is 13.3. The van der Waals surface area contributed by atoms with Gasteiger partial charge in [0.25, 0.3) is 5.91 Å². The number of nitrogens with one attached hydrogen (secondary N) is 1. The van der Waals surface area contributed by atoms with Gasteiger partial charge in [0.2, 0.25) is 0 Å². The fraction of sp³-hybridized carbons (Fsp3) is 0.429. The molecule has 0 fully saturated rings. The van der Waals surface area contributed by atoms with Gasteiger partial charge in [-0.2, -0.15) is 0 Å². The first kappa shape index (κ1) is 24.4. The lowest BCUT2D eigenvalue weighted by Gasteiger charge is -2.19. The van der Waals surface area contributed by atoms with Crippen LogP contribution in [0, 0.1) is 5.92 Å². The molecule has 0 saturated heterocycles. The molecule has 1 aromatic heterocycles. The third-order valence-electron chi connectivity index (χ3n) is 6.16. The van der Waals surface area contributed by atoms with E-state index in [9.17, 15) is 4.79 Å². The Morgan fingerprint density at radius 3 is 2.41 bits per heavy atom.